The first-order chi connectivity index (χ1) is 15.6. The lowest BCUT2D eigenvalue weighted by atomic mass is 10.1. The number of hydrogen-bond acceptors (Lipinski definition) is 5. The maximum Gasteiger partial charge on any atom is 0.263 e. The van der Waals surface area contributed by atoms with Crippen LogP contribution >= 0.6 is 11.8 Å². The average Bonchev–Trinajstić information content (AvgIpc) is 3.17. The number of anilines is 1. The van der Waals surface area contributed by atoms with E-state index in [4.69, 9.17) is 4.99 Å². The van der Waals surface area contributed by atoms with Crippen molar-refractivity contribution in [2.24, 2.45) is 9.98 Å². The summed E-state index contributed by atoms with van der Waals surface area (Å²) in [7, 11) is 0. The number of thioether (sulfide) groups is 1. The molecule has 1 atom stereocenters. The van der Waals surface area contributed by atoms with Gasteiger partial charge in [0.05, 0.1) is 11.4 Å². The molecule has 5 rings (SSSR count). The Labute approximate surface area is 187 Å². The van der Waals surface area contributed by atoms with Gasteiger partial charge in [-0.15, -0.1) is 0 Å². The summed E-state index contributed by atoms with van der Waals surface area (Å²) in [6, 6.07) is 21.7. The van der Waals surface area contributed by atoms with Crippen molar-refractivity contribution in [2.75, 3.05) is 11.1 Å². The molecule has 2 aliphatic heterocycles. The number of halogens is 1. The normalized spacial score (nSPS) is 16.7. The van der Waals surface area contributed by atoms with E-state index >= 15 is 0 Å². The topological polar surface area (TPSA) is 74.1 Å². The Kier molecular flexibility index (Phi) is 5.28. The predicted molar refractivity (Wildman–Crippen MR) is 124 cm³/mol. The van der Waals surface area contributed by atoms with Crippen LogP contribution in [-0.4, -0.2) is 33.5 Å². The van der Waals surface area contributed by atoms with Gasteiger partial charge in [-0.1, -0.05) is 54.2 Å². The summed E-state index contributed by atoms with van der Waals surface area (Å²) in [5.74, 6) is -0.291. The Morgan fingerprint density at radius 2 is 1.72 bits per heavy atom. The van der Waals surface area contributed by atoms with Gasteiger partial charge < -0.3 is 5.32 Å². The largest absolute Gasteiger partial charge is 0.325 e. The lowest BCUT2D eigenvalue weighted by Gasteiger charge is -2.25. The van der Waals surface area contributed by atoms with Crippen molar-refractivity contribution >= 4 is 46.0 Å². The quantitative estimate of drug-likeness (QED) is 0.643. The zero-order chi connectivity index (χ0) is 22.1. The second kappa shape index (κ2) is 8.39. The number of fused-ring (bicyclic) bond motifs is 3. The fourth-order valence-corrected chi connectivity index (χ4v) is 4.36. The van der Waals surface area contributed by atoms with Crippen LogP contribution in [0.1, 0.15) is 17.2 Å². The van der Waals surface area contributed by atoms with E-state index in [9.17, 15) is 14.0 Å². The molecule has 0 spiro atoms. The molecule has 32 heavy (non-hydrogen) atoms. The fourth-order valence-electron chi connectivity index (χ4n) is 3.56. The molecule has 0 aromatic heterocycles. The lowest BCUT2D eigenvalue weighted by molar-refractivity contribution is -0.124. The zero-order valence-electron chi connectivity index (χ0n) is 16.7. The van der Waals surface area contributed by atoms with Crippen LogP contribution in [0.5, 0.6) is 0 Å². The molecule has 2 amide bonds. The van der Waals surface area contributed by atoms with Crippen LogP contribution in [0.15, 0.2) is 88.8 Å². The second-order valence-electron chi connectivity index (χ2n) is 7.19. The van der Waals surface area contributed by atoms with Crippen molar-refractivity contribution in [3.05, 3.63) is 95.8 Å². The molecule has 0 saturated carbocycles. The van der Waals surface area contributed by atoms with Crippen LogP contribution in [0.3, 0.4) is 0 Å². The van der Waals surface area contributed by atoms with Gasteiger partial charge in [0.25, 0.3) is 5.91 Å². The van der Waals surface area contributed by atoms with Crippen molar-refractivity contribution in [1.29, 1.82) is 0 Å². The predicted octanol–water partition coefficient (Wildman–Crippen LogP) is 4.53. The minimum atomic E-state index is -0.656. The van der Waals surface area contributed by atoms with E-state index in [-0.39, 0.29) is 23.4 Å². The third kappa shape index (κ3) is 3.80. The molecule has 1 N–H and O–H groups in total. The SMILES string of the molecule is O=C(CSC1=Nc2ccccc2C2=NC(c3ccccc3)C(=O)N12)Nc1ccc(F)cc1. The summed E-state index contributed by atoms with van der Waals surface area (Å²) in [6.07, 6.45) is 0. The molecular weight excluding hydrogens is 427 g/mol. The van der Waals surface area contributed by atoms with E-state index in [1.165, 1.54) is 29.2 Å². The van der Waals surface area contributed by atoms with Crippen LogP contribution in [0.25, 0.3) is 0 Å². The van der Waals surface area contributed by atoms with Gasteiger partial charge in [0.1, 0.15) is 11.7 Å². The standard InChI is InChI=1S/C24H17FN4O2S/c25-16-10-12-17(13-11-16)26-20(30)14-32-24-27-19-9-5-4-8-18(19)22-28-21(23(31)29(22)24)15-6-2-1-3-7-15/h1-13,21H,14H2,(H,26,30). The first kappa shape index (κ1) is 20.1. The summed E-state index contributed by atoms with van der Waals surface area (Å²) in [4.78, 5) is 36.6. The van der Waals surface area contributed by atoms with E-state index in [2.05, 4.69) is 10.3 Å². The molecule has 6 nitrogen and oxygen atoms in total. The molecule has 0 saturated heterocycles. The van der Waals surface area contributed by atoms with Gasteiger partial charge >= 0.3 is 0 Å². The zero-order valence-corrected chi connectivity index (χ0v) is 17.6. The molecule has 0 bridgehead atoms. The minimum Gasteiger partial charge on any atom is -0.325 e. The molecule has 0 fully saturated rings. The molecule has 158 valence electrons. The number of aliphatic imine (C=N–C) groups is 2. The number of benzene rings is 3. The van der Waals surface area contributed by atoms with Gasteiger partial charge in [0, 0.05) is 11.3 Å². The van der Waals surface area contributed by atoms with Gasteiger partial charge in [-0.3, -0.25) is 9.59 Å². The van der Waals surface area contributed by atoms with Gasteiger partial charge in [0.2, 0.25) is 5.91 Å². The van der Waals surface area contributed by atoms with Crippen LogP contribution in [0.4, 0.5) is 15.8 Å². The molecule has 8 heteroatoms. The van der Waals surface area contributed by atoms with E-state index in [1.807, 2.05) is 54.6 Å². The molecule has 3 aromatic carbocycles. The van der Waals surface area contributed by atoms with Crippen LogP contribution < -0.4 is 5.32 Å². The summed E-state index contributed by atoms with van der Waals surface area (Å²) in [6.45, 7) is 0. The Morgan fingerprint density at radius 3 is 2.50 bits per heavy atom. The fraction of sp³-hybridized carbons (Fsp3) is 0.0833. The van der Waals surface area contributed by atoms with Gasteiger partial charge in [-0.05, 0) is 42.0 Å². The van der Waals surface area contributed by atoms with Crippen molar-refractivity contribution in [2.45, 2.75) is 6.04 Å². The van der Waals surface area contributed by atoms with Crippen LogP contribution in [-0.2, 0) is 9.59 Å². The molecule has 1 unspecified atom stereocenters. The second-order valence-corrected chi connectivity index (χ2v) is 8.14. The first-order valence-corrected chi connectivity index (χ1v) is 10.9. The smallest absolute Gasteiger partial charge is 0.263 e. The monoisotopic (exact) mass is 444 g/mol. The Balaban J connectivity index is 1.40. The van der Waals surface area contributed by atoms with Gasteiger partial charge in [-0.2, -0.15) is 0 Å². The summed E-state index contributed by atoms with van der Waals surface area (Å²) < 4.78 is 13.1. The highest BCUT2D eigenvalue weighted by Crippen LogP contribution is 2.37. The number of nitrogens with zero attached hydrogens (tertiary/aromatic N) is 3. The molecule has 2 heterocycles. The number of para-hydroxylation sites is 1. The first-order valence-electron chi connectivity index (χ1n) is 9.93. The number of amides is 2. The number of rotatable bonds is 4. The highest BCUT2D eigenvalue weighted by molar-refractivity contribution is 8.14. The summed E-state index contributed by atoms with van der Waals surface area (Å²) >= 11 is 1.16. The van der Waals surface area contributed by atoms with E-state index < -0.39 is 6.04 Å². The maximum absolute atomic E-state index is 13.3. The van der Waals surface area contributed by atoms with Crippen molar-refractivity contribution in [1.82, 2.24) is 4.90 Å². The third-order valence-corrected chi connectivity index (χ3v) is 5.98. The Hall–Kier alpha value is -3.78. The number of carbonyl (C=O) groups is 2. The number of carbonyl (C=O) groups excluding carboxylic acids is 2. The van der Waals surface area contributed by atoms with Gasteiger partial charge in [0.15, 0.2) is 11.2 Å². The van der Waals surface area contributed by atoms with Crippen molar-refractivity contribution in [3.8, 4) is 0 Å². The molecule has 3 aromatic rings. The summed E-state index contributed by atoms with van der Waals surface area (Å²) in [5.41, 5.74) is 2.77. The van der Waals surface area contributed by atoms with Crippen LogP contribution in [0.2, 0.25) is 0 Å². The summed E-state index contributed by atoms with van der Waals surface area (Å²) in [5, 5.41) is 3.12. The lowest BCUT2D eigenvalue weighted by Crippen LogP contribution is -2.40. The van der Waals surface area contributed by atoms with Crippen LogP contribution in [0, 0.1) is 5.82 Å². The number of amidine groups is 2. The molecule has 2 aliphatic rings. The highest BCUT2D eigenvalue weighted by atomic mass is 32.2. The number of hydrogen-bond donors (Lipinski definition) is 1. The van der Waals surface area contributed by atoms with Gasteiger partial charge in [-0.25, -0.2) is 19.3 Å². The molecular formula is C24H17FN4O2S. The van der Waals surface area contributed by atoms with E-state index in [0.29, 0.717) is 22.4 Å². The Morgan fingerprint density at radius 1 is 1.00 bits per heavy atom. The third-order valence-electron chi connectivity index (χ3n) is 5.05. The molecule has 0 radical (unpaired) electrons. The van der Waals surface area contributed by atoms with E-state index in [1.54, 1.807) is 0 Å². The Bertz CT molecular complexity index is 1260. The maximum atomic E-state index is 13.3. The highest BCUT2D eigenvalue weighted by Gasteiger charge is 2.42. The van der Waals surface area contributed by atoms with E-state index in [0.717, 1.165) is 22.9 Å². The van der Waals surface area contributed by atoms with Crippen molar-refractivity contribution in [3.63, 3.8) is 0 Å². The number of nitrogens with one attached hydrogen (secondary N) is 1. The minimum absolute atomic E-state index is 0.0332. The molecule has 0 aliphatic carbocycles. The average molecular weight is 444 g/mol. The van der Waals surface area contributed by atoms with Crippen molar-refractivity contribution < 1.29 is 14.0 Å².